The monoisotopic (exact) mass is 269 g/mol. The number of hydrogen-bond donors (Lipinski definition) is 0. The van der Waals surface area contributed by atoms with E-state index in [0.29, 0.717) is 6.42 Å². The zero-order valence-corrected chi connectivity index (χ0v) is 12.7. The Labute approximate surface area is 120 Å². The van der Waals surface area contributed by atoms with E-state index in [1.165, 1.54) is 29.5 Å². The Morgan fingerprint density at radius 2 is 1.85 bits per heavy atom. The molecule has 0 amide bonds. The maximum atomic E-state index is 12.8. The normalized spacial score (nSPS) is 15.3. The first-order valence-corrected chi connectivity index (χ1v) is 7.62. The molecule has 1 aromatic carbocycles. The highest BCUT2D eigenvalue weighted by Crippen LogP contribution is 2.33. The first kappa shape index (κ1) is 13.4. The van der Waals surface area contributed by atoms with Gasteiger partial charge < -0.3 is 0 Å². The fraction of sp³-hybridized carbons (Fsp3) is 0.500. The highest BCUT2D eigenvalue weighted by Gasteiger charge is 2.25. The van der Waals surface area contributed by atoms with Crippen LogP contribution < -0.4 is 0 Å². The molecule has 2 heteroatoms. The van der Waals surface area contributed by atoms with E-state index in [-0.39, 0.29) is 11.3 Å². The average molecular weight is 269 g/mol. The van der Waals surface area contributed by atoms with Crippen LogP contribution in [0.4, 0.5) is 0 Å². The third kappa shape index (κ3) is 2.28. The number of nitrogens with zero attached hydrogens (tertiary/aromatic N) is 1. The molecule has 0 bridgehead atoms. The SMILES string of the molecule is CC(C)(C)CC(=O)n1c2c(c3ccccc31)CCCC2. The van der Waals surface area contributed by atoms with Gasteiger partial charge in [-0.1, -0.05) is 39.0 Å². The van der Waals surface area contributed by atoms with Crippen LogP contribution in [0.25, 0.3) is 10.9 Å². The molecule has 0 N–H and O–H groups in total. The fourth-order valence-electron chi connectivity index (χ4n) is 3.31. The molecule has 0 atom stereocenters. The number of aryl methyl sites for hydroxylation is 1. The molecule has 0 aliphatic heterocycles. The van der Waals surface area contributed by atoms with Gasteiger partial charge in [-0.2, -0.15) is 0 Å². The third-order valence-electron chi connectivity index (χ3n) is 4.11. The summed E-state index contributed by atoms with van der Waals surface area (Å²) in [6, 6.07) is 8.37. The molecule has 1 aliphatic carbocycles. The van der Waals surface area contributed by atoms with Gasteiger partial charge in [0.25, 0.3) is 0 Å². The van der Waals surface area contributed by atoms with Crippen LogP contribution >= 0.6 is 0 Å². The van der Waals surface area contributed by atoms with Crippen molar-refractivity contribution >= 4 is 16.8 Å². The van der Waals surface area contributed by atoms with Crippen LogP contribution in [0, 0.1) is 5.41 Å². The molecular weight excluding hydrogens is 246 g/mol. The van der Waals surface area contributed by atoms with Crippen LogP contribution in [-0.4, -0.2) is 10.5 Å². The topological polar surface area (TPSA) is 22.0 Å². The minimum absolute atomic E-state index is 0.0318. The molecule has 0 unspecified atom stereocenters. The Hall–Kier alpha value is -1.57. The van der Waals surface area contributed by atoms with Gasteiger partial charge in [0.1, 0.15) is 0 Å². The lowest BCUT2D eigenvalue weighted by Crippen LogP contribution is -2.21. The molecule has 1 aliphatic rings. The standard InChI is InChI=1S/C18H23NO/c1-18(2,3)12-17(20)19-15-10-6-4-8-13(15)14-9-5-7-11-16(14)19/h4,6,8,10H,5,7,9,11-12H2,1-3H3. The van der Waals surface area contributed by atoms with E-state index in [1.54, 1.807) is 0 Å². The van der Waals surface area contributed by atoms with Crippen LogP contribution in [0.15, 0.2) is 24.3 Å². The highest BCUT2D eigenvalue weighted by molar-refractivity contribution is 5.96. The summed E-state index contributed by atoms with van der Waals surface area (Å²) in [4.78, 5) is 12.8. The molecule has 1 aromatic heterocycles. The van der Waals surface area contributed by atoms with E-state index < -0.39 is 0 Å². The summed E-state index contributed by atoms with van der Waals surface area (Å²) in [7, 11) is 0. The summed E-state index contributed by atoms with van der Waals surface area (Å²) >= 11 is 0. The molecule has 0 saturated heterocycles. The highest BCUT2D eigenvalue weighted by atomic mass is 16.2. The molecule has 20 heavy (non-hydrogen) atoms. The Morgan fingerprint density at radius 1 is 1.15 bits per heavy atom. The Bertz CT molecular complexity index is 658. The summed E-state index contributed by atoms with van der Waals surface area (Å²) in [6.07, 6.45) is 5.20. The van der Waals surface area contributed by atoms with Crippen LogP contribution in [0.1, 0.15) is 56.1 Å². The van der Waals surface area contributed by atoms with E-state index >= 15 is 0 Å². The number of para-hydroxylation sites is 1. The van der Waals surface area contributed by atoms with E-state index in [2.05, 4.69) is 39.0 Å². The van der Waals surface area contributed by atoms with Crippen molar-refractivity contribution in [1.29, 1.82) is 0 Å². The van der Waals surface area contributed by atoms with E-state index in [1.807, 2.05) is 10.6 Å². The van der Waals surface area contributed by atoms with Gasteiger partial charge in [0, 0.05) is 17.5 Å². The van der Waals surface area contributed by atoms with Crippen molar-refractivity contribution in [3.8, 4) is 0 Å². The summed E-state index contributed by atoms with van der Waals surface area (Å²) in [6.45, 7) is 6.38. The van der Waals surface area contributed by atoms with Crippen molar-refractivity contribution in [3.05, 3.63) is 35.5 Å². The minimum atomic E-state index is 0.0318. The molecule has 0 radical (unpaired) electrons. The van der Waals surface area contributed by atoms with Gasteiger partial charge in [-0.25, -0.2) is 0 Å². The Morgan fingerprint density at radius 3 is 2.60 bits per heavy atom. The third-order valence-corrected chi connectivity index (χ3v) is 4.11. The number of carbonyl (C=O) groups is 1. The van der Waals surface area contributed by atoms with Crippen molar-refractivity contribution in [2.45, 2.75) is 52.9 Å². The second kappa shape index (κ2) is 4.76. The summed E-state index contributed by atoms with van der Waals surface area (Å²) in [5.41, 5.74) is 3.82. The zero-order chi connectivity index (χ0) is 14.3. The lowest BCUT2D eigenvalue weighted by molar-refractivity contribution is 0.0858. The van der Waals surface area contributed by atoms with Gasteiger partial charge in [0.2, 0.25) is 5.91 Å². The number of benzene rings is 1. The average Bonchev–Trinajstić information content (AvgIpc) is 2.71. The number of hydrogen-bond acceptors (Lipinski definition) is 1. The van der Waals surface area contributed by atoms with Crippen molar-refractivity contribution in [1.82, 2.24) is 4.57 Å². The molecule has 2 aromatic rings. The molecule has 2 nitrogen and oxygen atoms in total. The van der Waals surface area contributed by atoms with Crippen molar-refractivity contribution < 1.29 is 4.79 Å². The molecular formula is C18H23NO. The molecule has 106 valence electrons. The van der Waals surface area contributed by atoms with E-state index in [9.17, 15) is 4.79 Å². The first-order valence-electron chi connectivity index (χ1n) is 7.62. The quantitative estimate of drug-likeness (QED) is 0.741. The Kier molecular flexibility index (Phi) is 3.19. The number of rotatable bonds is 1. The smallest absolute Gasteiger partial charge is 0.231 e. The molecule has 0 saturated carbocycles. The predicted octanol–water partition coefficient (Wildman–Crippen LogP) is 4.60. The van der Waals surface area contributed by atoms with E-state index in [4.69, 9.17) is 0 Å². The second-order valence-electron chi connectivity index (χ2n) is 7.12. The maximum absolute atomic E-state index is 12.8. The largest absolute Gasteiger partial charge is 0.284 e. The minimum Gasteiger partial charge on any atom is -0.284 e. The lowest BCUT2D eigenvalue weighted by Gasteiger charge is -2.20. The summed E-state index contributed by atoms with van der Waals surface area (Å²) < 4.78 is 2.01. The van der Waals surface area contributed by atoms with Gasteiger partial charge in [-0.05, 0) is 42.7 Å². The van der Waals surface area contributed by atoms with E-state index in [0.717, 1.165) is 18.4 Å². The number of fused-ring (bicyclic) bond motifs is 3. The van der Waals surface area contributed by atoms with Gasteiger partial charge in [0.15, 0.2) is 0 Å². The molecule has 0 fully saturated rings. The summed E-state index contributed by atoms with van der Waals surface area (Å²) in [5, 5.41) is 1.28. The van der Waals surface area contributed by atoms with Crippen molar-refractivity contribution in [3.63, 3.8) is 0 Å². The van der Waals surface area contributed by atoms with Gasteiger partial charge in [-0.15, -0.1) is 0 Å². The van der Waals surface area contributed by atoms with Crippen molar-refractivity contribution in [2.24, 2.45) is 5.41 Å². The van der Waals surface area contributed by atoms with Crippen LogP contribution in [0.3, 0.4) is 0 Å². The maximum Gasteiger partial charge on any atom is 0.231 e. The summed E-state index contributed by atoms with van der Waals surface area (Å²) in [5.74, 6) is 0.247. The van der Waals surface area contributed by atoms with Crippen LogP contribution in [-0.2, 0) is 12.8 Å². The predicted molar refractivity (Wildman–Crippen MR) is 83.3 cm³/mol. The Balaban J connectivity index is 2.17. The first-order chi connectivity index (χ1) is 9.47. The lowest BCUT2D eigenvalue weighted by atomic mass is 9.91. The van der Waals surface area contributed by atoms with Gasteiger partial charge >= 0.3 is 0 Å². The van der Waals surface area contributed by atoms with Gasteiger partial charge in [-0.3, -0.25) is 9.36 Å². The fourth-order valence-corrected chi connectivity index (χ4v) is 3.31. The van der Waals surface area contributed by atoms with Crippen LogP contribution in [0.5, 0.6) is 0 Å². The molecule has 0 spiro atoms. The number of carbonyl (C=O) groups excluding carboxylic acids is 1. The zero-order valence-electron chi connectivity index (χ0n) is 12.7. The van der Waals surface area contributed by atoms with Crippen LogP contribution in [0.2, 0.25) is 0 Å². The van der Waals surface area contributed by atoms with Crippen molar-refractivity contribution in [2.75, 3.05) is 0 Å². The molecule has 1 heterocycles. The second-order valence-corrected chi connectivity index (χ2v) is 7.12. The molecule has 3 rings (SSSR count). The number of aromatic nitrogens is 1. The van der Waals surface area contributed by atoms with Gasteiger partial charge in [0.05, 0.1) is 5.52 Å².